The second kappa shape index (κ2) is 8.10. The van der Waals surface area contributed by atoms with Crippen LogP contribution in [0.15, 0.2) is 72.8 Å². The van der Waals surface area contributed by atoms with Crippen LogP contribution in [-0.2, 0) is 6.54 Å². The van der Waals surface area contributed by atoms with Gasteiger partial charge in [-0.2, -0.15) is 0 Å². The van der Waals surface area contributed by atoms with E-state index in [1.807, 2.05) is 48.5 Å². The first-order chi connectivity index (χ1) is 14.1. The van der Waals surface area contributed by atoms with Crippen molar-refractivity contribution in [3.63, 3.8) is 0 Å². The Hall–Kier alpha value is -3.11. The highest BCUT2D eigenvalue weighted by molar-refractivity contribution is 6.07. The van der Waals surface area contributed by atoms with E-state index in [0.29, 0.717) is 0 Å². The topological polar surface area (TPSA) is 41.6 Å². The highest BCUT2D eigenvalue weighted by atomic mass is 16.5. The molecular formula is C25H26N2O2. The van der Waals surface area contributed by atoms with Gasteiger partial charge in [-0.15, -0.1) is 0 Å². The molecule has 4 heteroatoms. The largest absolute Gasteiger partial charge is 0.497 e. The Labute approximate surface area is 172 Å². The quantitative estimate of drug-likeness (QED) is 0.678. The summed E-state index contributed by atoms with van der Waals surface area (Å²) in [6.07, 6.45) is 0. The minimum absolute atomic E-state index is 0.126. The Kier molecular flexibility index (Phi) is 5.36. The minimum atomic E-state index is -0.296. The third kappa shape index (κ3) is 3.89. The van der Waals surface area contributed by atoms with Gasteiger partial charge in [-0.25, -0.2) is 0 Å². The molecule has 148 valence electrons. The lowest BCUT2D eigenvalue weighted by Crippen LogP contribution is -2.31. The third-order valence-corrected chi connectivity index (χ3v) is 5.43. The number of Topliss-reactive ketones (excluding diaryl/α,β-unsaturated/α-hetero) is 1. The van der Waals surface area contributed by atoms with Gasteiger partial charge in [0.25, 0.3) is 0 Å². The van der Waals surface area contributed by atoms with Gasteiger partial charge in [0.2, 0.25) is 0 Å². The van der Waals surface area contributed by atoms with E-state index in [4.69, 9.17) is 4.74 Å². The van der Waals surface area contributed by atoms with Crippen molar-refractivity contribution in [3.8, 4) is 5.75 Å². The number of benzene rings is 3. The lowest BCUT2D eigenvalue weighted by Gasteiger charge is -2.34. The highest BCUT2D eigenvalue weighted by Crippen LogP contribution is 2.42. The van der Waals surface area contributed by atoms with E-state index in [2.05, 4.69) is 48.6 Å². The molecule has 0 bridgehead atoms. The normalized spacial score (nSPS) is 18.3. The van der Waals surface area contributed by atoms with Gasteiger partial charge in [-0.3, -0.25) is 4.79 Å². The summed E-state index contributed by atoms with van der Waals surface area (Å²) < 4.78 is 5.29. The number of carbonyl (C=O) groups is 1. The number of anilines is 1. The number of carbonyl (C=O) groups excluding carboxylic acids is 1. The van der Waals surface area contributed by atoms with E-state index in [1.165, 1.54) is 5.56 Å². The Balaban J connectivity index is 1.75. The maximum Gasteiger partial charge on any atom is 0.174 e. The predicted octanol–water partition coefficient (Wildman–Crippen LogP) is 4.89. The molecule has 0 radical (unpaired) electrons. The molecule has 2 atom stereocenters. The maximum atomic E-state index is 13.5. The molecule has 4 nitrogen and oxygen atoms in total. The van der Waals surface area contributed by atoms with Gasteiger partial charge in [0.15, 0.2) is 5.78 Å². The summed E-state index contributed by atoms with van der Waals surface area (Å²) in [5.74, 6) is 0.636. The zero-order valence-corrected chi connectivity index (χ0v) is 17.1. The second-order valence-electron chi connectivity index (χ2n) is 7.76. The average Bonchev–Trinajstić information content (AvgIpc) is 2.74. The molecule has 0 fully saturated rings. The molecule has 4 rings (SSSR count). The molecule has 0 saturated carbocycles. The second-order valence-corrected chi connectivity index (χ2v) is 7.76. The molecule has 1 aliphatic rings. The zero-order chi connectivity index (χ0) is 20.4. The van der Waals surface area contributed by atoms with E-state index in [9.17, 15) is 4.79 Å². The van der Waals surface area contributed by atoms with E-state index in [0.717, 1.165) is 34.7 Å². The fraction of sp³-hybridized carbons (Fsp3) is 0.240. The van der Waals surface area contributed by atoms with Gasteiger partial charge in [-0.1, -0.05) is 48.5 Å². The standard InChI is InChI=1S/C25H26N2O2/c1-27(2)16-17-8-10-19(11-9-17)24-23(18-12-14-20(29-3)15-13-18)25(28)21-6-4-5-7-22(21)26-24/h4-15,23-24,26H,16H2,1-3H3. The van der Waals surface area contributed by atoms with E-state index in [1.54, 1.807) is 7.11 Å². The predicted molar refractivity (Wildman–Crippen MR) is 117 cm³/mol. The van der Waals surface area contributed by atoms with Crippen molar-refractivity contribution in [2.24, 2.45) is 0 Å². The molecule has 3 aromatic carbocycles. The van der Waals surface area contributed by atoms with Crippen molar-refractivity contribution in [3.05, 3.63) is 95.1 Å². The molecule has 0 aliphatic carbocycles. The van der Waals surface area contributed by atoms with E-state index in [-0.39, 0.29) is 17.7 Å². The number of rotatable bonds is 5. The fourth-order valence-corrected chi connectivity index (χ4v) is 4.02. The SMILES string of the molecule is COc1ccc(C2C(=O)c3ccccc3NC2c2ccc(CN(C)C)cc2)cc1. The van der Waals surface area contributed by atoms with Gasteiger partial charge in [0.05, 0.1) is 19.1 Å². The van der Waals surface area contributed by atoms with Crippen molar-refractivity contribution in [2.75, 3.05) is 26.5 Å². The molecule has 0 aromatic heterocycles. The van der Waals surface area contributed by atoms with Crippen LogP contribution < -0.4 is 10.1 Å². The molecule has 1 heterocycles. The molecule has 1 aliphatic heterocycles. The van der Waals surface area contributed by atoms with Crippen molar-refractivity contribution < 1.29 is 9.53 Å². The van der Waals surface area contributed by atoms with Gasteiger partial charge in [0, 0.05) is 17.8 Å². The minimum Gasteiger partial charge on any atom is -0.497 e. The number of hydrogen-bond donors (Lipinski definition) is 1. The molecule has 1 N–H and O–H groups in total. The van der Waals surface area contributed by atoms with E-state index >= 15 is 0 Å². The Bertz CT molecular complexity index is 994. The first kappa shape index (κ1) is 19.2. The number of ketones is 1. The van der Waals surface area contributed by atoms with E-state index < -0.39 is 0 Å². The number of fused-ring (bicyclic) bond motifs is 1. The molecule has 29 heavy (non-hydrogen) atoms. The lowest BCUT2D eigenvalue weighted by atomic mass is 9.78. The van der Waals surface area contributed by atoms with Crippen LogP contribution in [0.4, 0.5) is 5.69 Å². The molecule has 0 spiro atoms. The summed E-state index contributed by atoms with van der Waals surface area (Å²) in [5, 5.41) is 3.62. The summed E-state index contributed by atoms with van der Waals surface area (Å²) in [7, 11) is 5.77. The van der Waals surface area contributed by atoms with Crippen LogP contribution in [0.5, 0.6) is 5.75 Å². The summed E-state index contributed by atoms with van der Waals surface area (Å²) in [6.45, 7) is 0.891. The van der Waals surface area contributed by atoms with Crippen LogP contribution in [0.25, 0.3) is 0 Å². The van der Waals surface area contributed by atoms with Crippen LogP contribution in [-0.4, -0.2) is 31.9 Å². The smallest absolute Gasteiger partial charge is 0.174 e. The molecule has 0 amide bonds. The number of para-hydroxylation sites is 1. The van der Waals surface area contributed by atoms with Crippen molar-refractivity contribution in [2.45, 2.75) is 18.5 Å². The van der Waals surface area contributed by atoms with Gasteiger partial charge < -0.3 is 15.0 Å². The van der Waals surface area contributed by atoms with Crippen molar-refractivity contribution in [1.29, 1.82) is 0 Å². The number of hydrogen-bond acceptors (Lipinski definition) is 4. The van der Waals surface area contributed by atoms with Crippen LogP contribution in [0.2, 0.25) is 0 Å². The molecule has 3 aromatic rings. The van der Waals surface area contributed by atoms with Crippen LogP contribution >= 0.6 is 0 Å². The summed E-state index contributed by atoms with van der Waals surface area (Å²) >= 11 is 0. The van der Waals surface area contributed by atoms with Crippen LogP contribution in [0.3, 0.4) is 0 Å². The maximum absolute atomic E-state index is 13.5. The summed E-state index contributed by atoms with van der Waals surface area (Å²) in [5.41, 5.74) is 4.98. The number of ether oxygens (including phenoxy) is 1. The van der Waals surface area contributed by atoms with Crippen LogP contribution in [0.1, 0.15) is 39.0 Å². The number of methoxy groups -OCH3 is 1. The Morgan fingerprint density at radius 2 is 1.55 bits per heavy atom. The molecular weight excluding hydrogens is 360 g/mol. The molecule has 2 unspecified atom stereocenters. The third-order valence-electron chi connectivity index (χ3n) is 5.43. The average molecular weight is 386 g/mol. The van der Waals surface area contributed by atoms with Crippen LogP contribution in [0, 0.1) is 0 Å². The highest BCUT2D eigenvalue weighted by Gasteiger charge is 2.37. The fourth-order valence-electron chi connectivity index (χ4n) is 4.02. The van der Waals surface area contributed by atoms with Crippen molar-refractivity contribution in [1.82, 2.24) is 4.90 Å². The Morgan fingerprint density at radius 1 is 0.897 bits per heavy atom. The monoisotopic (exact) mass is 386 g/mol. The molecule has 0 saturated heterocycles. The Morgan fingerprint density at radius 3 is 2.21 bits per heavy atom. The summed E-state index contributed by atoms with van der Waals surface area (Å²) in [4.78, 5) is 15.6. The number of nitrogens with zero attached hydrogens (tertiary/aromatic N) is 1. The van der Waals surface area contributed by atoms with Crippen molar-refractivity contribution >= 4 is 11.5 Å². The lowest BCUT2D eigenvalue weighted by molar-refractivity contribution is 0.0945. The van der Waals surface area contributed by atoms with Gasteiger partial charge >= 0.3 is 0 Å². The zero-order valence-electron chi connectivity index (χ0n) is 17.1. The first-order valence-corrected chi connectivity index (χ1v) is 9.84. The van der Waals surface area contributed by atoms with Gasteiger partial charge in [-0.05, 0) is 55.1 Å². The first-order valence-electron chi connectivity index (χ1n) is 9.84. The number of nitrogens with one attached hydrogen (secondary N) is 1. The van der Waals surface area contributed by atoms with Gasteiger partial charge in [0.1, 0.15) is 5.75 Å². The summed E-state index contributed by atoms with van der Waals surface area (Å²) in [6, 6.07) is 24.0.